The van der Waals surface area contributed by atoms with Crippen molar-refractivity contribution in [2.24, 2.45) is 0 Å². The van der Waals surface area contributed by atoms with E-state index in [0.717, 1.165) is 12.1 Å². The summed E-state index contributed by atoms with van der Waals surface area (Å²) in [6, 6.07) is 9.03. The predicted octanol–water partition coefficient (Wildman–Crippen LogP) is 3.38. The second kappa shape index (κ2) is 5.72. The highest BCUT2D eigenvalue weighted by atomic mass is 32.1. The van der Waals surface area contributed by atoms with Gasteiger partial charge in [-0.1, -0.05) is 0 Å². The van der Waals surface area contributed by atoms with Crippen molar-refractivity contribution in [2.45, 2.75) is 4.90 Å². The van der Waals surface area contributed by atoms with E-state index < -0.39 is 17.5 Å². The number of benzene rings is 2. The summed E-state index contributed by atoms with van der Waals surface area (Å²) in [5.41, 5.74) is 0.314. The molecule has 0 radical (unpaired) electrons. The Kier molecular flexibility index (Phi) is 4.01. The molecule has 0 unspecified atom stereocenters. The smallest absolute Gasteiger partial charge is 0.255 e. The minimum absolute atomic E-state index is 0.0504. The Morgan fingerprint density at radius 2 is 1.85 bits per heavy atom. The minimum Gasteiger partial charge on any atom is -0.322 e. The number of nitrogens with one attached hydrogen (secondary N) is 1. The molecule has 2 aromatic carbocycles. The van der Waals surface area contributed by atoms with Gasteiger partial charge in [0.05, 0.1) is 5.56 Å². The molecule has 0 aliphatic rings. The number of amides is 1. The summed E-state index contributed by atoms with van der Waals surface area (Å²) >= 11 is 3.89. The molecule has 0 aliphatic heterocycles. The molecule has 0 aliphatic carbocycles. The number of carbonyl (C=O) groups is 1. The molecule has 1 N–H and O–H groups in total. The number of carbonyl (C=O) groups excluding carboxylic acids is 1. The van der Waals surface area contributed by atoms with Crippen molar-refractivity contribution in [1.82, 2.24) is 0 Å². The maximum absolute atomic E-state index is 13.1. The maximum atomic E-state index is 13.1. The van der Waals surface area contributed by atoms with E-state index in [0.29, 0.717) is 0 Å². The van der Waals surface area contributed by atoms with Crippen LogP contribution in [0.1, 0.15) is 15.9 Å². The number of hydrogen-bond acceptors (Lipinski definition) is 3. The van der Waals surface area contributed by atoms with Crippen molar-refractivity contribution in [1.29, 1.82) is 5.26 Å². The molecule has 0 fully saturated rings. The van der Waals surface area contributed by atoms with Crippen molar-refractivity contribution in [3.05, 3.63) is 59.2 Å². The van der Waals surface area contributed by atoms with Gasteiger partial charge in [-0.25, -0.2) is 8.78 Å². The van der Waals surface area contributed by atoms with E-state index in [1.165, 1.54) is 24.3 Å². The lowest BCUT2D eigenvalue weighted by Gasteiger charge is -2.06. The molecule has 6 heteroatoms. The van der Waals surface area contributed by atoms with E-state index in [4.69, 9.17) is 5.26 Å². The molecular formula is C14H8F2N2OS. The van der Waals surface area contributed by atoms with E-state index in [1.807, 2.05) is 0 Å². The molecule has 0 bridgehead atoms. The van der Waals surface area contributed by atoms with Crippen LogP contribution in [-0.4, -0.2) is 5.91 Å². The summed E-state index contributed by atoms with van der Waals surface area (Å²) in [6.45, 7) is 0. The van der Waals surface area contributed by atoms with Crippen molar-refractivity contribution >= 4 is 24.2 Å². The van der Waals surface area contributed by atoms with Gasteiger partial charge in [0.15, 0.2) is 0 Å². The average Bonchev–Trinajstić information content (AvgIpc) is 2.43. The van der Waals surface area contributed by atoms with Gasteiger partial charge in [0.2, 0.25) is 0 Å². The average molecular weight is 290 g/mol. The molecule has 1 amide bonds. The highest BCUT2D eigenvalue weighted by Crippen LogP contribution is 2.17. The van der Waals surface area contributed by atoms with Gasteiger partial charge in [0.25, 0.3) is 5.91 Å². The van der Waals surface area contributed by atoms with Crippen LogP contribution in [0, 0.1) is 23.0 Å². The first-order valence-electron chi connectivity index (χ1n) is 5.51. The fraction of sp³-hybridized carbons (Fsp3) is 0. The molecular weight excluding hydrogens is 282 g/mol. The quantitative estimate of drug-likeness (QED) is 0.833. The standard InChI is InChI=1S/C14H8F2N2OS/c15-11-4-2-10(5-9(11)7-17)18-14(19)8-1-3-12(16)13(20)6-8/h1-6,20H,(H,18,19). The summed E-state index contributed by atoms with van der Waals surface area (Å²) < 4.78 is 26.2. The number of nitriles is 1. The van der Waals surface area contributed by atoms with Crippen LogP contribution in [0.2, 0.25) is 0 Å². The number of hydrogen-bond donors (Lipinski definition) is 2. The van der Waals surface area contributed by atoms with Crippen molar-refractivity contribution in [2.75, 3.05) is 5.32 Å². The Morgan fingerprint density at radius 3 is 2.50 bits per heavy atom. The Bertz CT molecular complexity index is 726. The van der Waals surface area contributed by atoms with E-state index in [2.05, 4.69) is 17.9 Å². The summed E-state index contributed by atoms with van der Waals surface area (Å²) in [6.07, 6.45) is 0. The highest BCUT2D eigenvalue weighted by Gasteiger charge is 2.10. The second-order valence-corrected chi connectivity index (χ2v) is 4.41. The van der Waals surface area contributed by atoms with Gasteiger partial charge >= 0.3 is 0 Å². The monoisotopic (exact) mass is 290 g/mol. The van der Waals surface area contributed by atoms with E-state index in [9.17, 15) is 13.6 Å². The Morgan fingerprint density at radius 1 is 1.15 bits per heavy atom. The number of halogens is 2. The zero-order valence-electron chi connectivity index (χ0n) is 10.0. The molecule has 2 aromatic rings. The fourth-order valence-corrected chi connectivity index (χ4v) is 1.76. The van der Waals surface area contributed by atoms with Crippen LogP contribution in [0.15, 0.2) is 41.3 Å². The summed E-state index contributed by atoms with van der Waals surface area (Å²) in [5.74, 6) is -1.70. The third-order valence-corrected chi connectivity index (χ3v) is 2.90. The molecule has 0 saturated heterocycles. The van der Waals surface area contributed by atoms with Gasteiger partial charge in [-0.2, -0.15) is 5.26 Å². The molecule has 20 heavy (non-hydrogen) atoms. The van der Waals surface area contributed by atoms with Crippen LogP contribution in [-0.2, 0) is 0 Å². The van der Waals surface area contributed by atoms with Gasteiger partial charge in [-0.05, 0) is 36.4 Å². The molecule has 0 aromatic heterocycles. The van der Waals surface area contributed by atoms with E-state index in [-0.39, 0.29) is 21.7 Å². The lowest BCUT2D eigenvalue weighted by atomic mass is 10.1. The first-order chi connectivity index (χ1) is 9.51. The normalized spacial score (nSPS) is 9.90. The van der Waals surface area contributed by atoms with Gasteiger partial charge < -0.3 is 5.32 Å². The van der Waals surface area contributed by atoms with Gasteiger partial charge in [-0.15, -0.1) is 12.6 Å². The molecule has 100 valence electrons. The Labute approximate surface area is 119 Å². The third kappa shape index (κ3) is 2.95. The molecule has 3 nitrogen and oxygen atoms in total. The van der Waals surface area contributed by atoms with Crippen molar-refractivity contribution in [3.8, 4) is 6.07 Å². The third-order valence-electron chi connectivity index (χ3n) is 2.55. The zero-order chi connectivity index (χ0) is 14.7. The number of thiol groups is 1. The van der Waals surface area contributed by atoms with Crippen LogP contribution in [0.5, 0.6) is 0 Å². The van der Waals surface area contributed by atoms with E-state index in [1.54, 1.807) is 6.07 Å². The van der Waals surface area contributed by atoms with Crippen LogP contribution in [0.3, 0.4) is 0 Å². The lowest BCUT2D eigenvalue weighted by Crippen LogP contribution is -2.12. The fourth-order valence-electron chi connectivity index (χ4n) is 1.55. The summed E-state index contributed by atoms with van der Waals surface area (Å²) in [4.78, 5) is 12.0. The van der Waals surface area contributed by atoms with Gasteiger partial charge in [0.1, 0.15) is 17.7 Å². The van der Waals surface area contributed by atoms with Crippen LogP contribution in [0.25, 0.3) is 0 Å². The molecule has 0 atom stereocenters. The largest absolute Gasteiger partial charge is 0.322 e. The summed E-state index contributed by atoms with van der Waals surface area (Å²) in [7, 11) is 0. The molecule has 0 heterocycles. The number of nitrogens with zero attached hydrogens (tertiary/aromatic N) is 1. The first kappa shape index (κ1) is 14.0. The van der Waals surface area contributed by atoms with Gasteiger partial charge in [-0.3, -0.25) is 4.79 Å². The van der Waals surface area contributed by atoms with Crippen LogP contribution < -0.4 is 5.32 Å². The maximum Gasteiger partial charge on any atom is 0.255 e. The first-order valence-corrected chi connectivity index (χ1v) is 5.95. The zero-order valence-corrected chi connectivity index (χ0v) is 10.9. The number of anilines is 1. The minimum atomic E-state index is -0.662. The SMILES string of the molecule is N#Cc1cc(NC(=O)c2ccc(F)c(S)c2)ccc1F. The Balaban J connectivity index is 2.23. The van der Waals surface area contributed by atoms with Crippen LogP contribution >= 0.6 is 12.6 Å². The second-order valence-electron chi connectivity index (χ2n) is 3.93. The highest BCUT2D eigenvalue weighted by molar-refractivity contribution is 7.80. The van der Waals surface area contributed by atoms with E-state index >= 15 is 0 Å². The lowest BCUT2D eigenvalue weighted by molar-refractivity contribution is 0.102. The number of rotatable bonds is 2. The molecule has 0 spiro atoms. The predicted molar refractivity (Wildman–Crippen MR) is 72.7 cm³/mol. The topological polar surface area (TPSA) is 52.9 Å². The van der Waals surface area contributed by atoms with Crippen molar-refractivity contribution in [3.63, 3.8) is 0 Å². The molecule has 0 saturated carbocycles. The Hall–Kier alpha value is -2.39. The van der Waals surface area contributed by atoms with Crippen molar-refractivity contribution < 1.29 is 13.6 Å². The summed E-state index contributed by atoms with van der Waals surface area (Å²) in [5, 5.41) is 11.2. The van der Waals surface area contributed by atoms with Crippen LogP contribution in [0.4, 0.5) is 14.5 Å². The van der Waals surface area contributed by atoms with Gasteiger partial charge in [0, 0.05) is 16.1 Å². The molecule has 2 rings (SSSR count).